The maximum atomic E-state index is 12.8. The van der Waals surface area contributed by atoms with E-state index < -0.39 is 5.60 Å². The zero-order valence-electron chi connectivity index (χ0n) is 20.5. The van der Waals surface area contributed by atoms with Crippen molar-refractivity contribution in [3.05, 3.63) is 39.9 Å². The Morgan fingerprint density at radius 1 is 1.11 bits per heavy atom. The molecule has 2 saturated carbocycles. The maximum absolute atomic E-state index is 12.8. The Morgan fingerprint density at radius 2 is 1.80 bits per heavy atom. The van der Waals surface area contributed by atoms with Gasteiger partial charge in [0.25, 0.3) is 0 Å². The smallest absolute Gasteiger partial charge is 0.328 e. The van der Waals surface area contributed by atoms with E-state index in [4.69, 9.17) is 16.6 Å². The van der Waals surface area contributed by atoms with Crippen molar-refractivity contribution in [1.82, 2.24) is 19.1 Å². The van der Waals surface area contributed by atoms with Crippen molar-refractivity contribution in [2.24, 2.45) is 18.9 Å². The molecule has 0 atom stereocenters. The average Bonchev–Trinajstić information content (AvgIpc) is 3.02. The van der Waals surface area contributed by atoms with Crippen LogP contribution in [-0.2, 0) is 13.6 Å². The van der Waals surface area contributed by atoms with Crippen LogP contribution in [0.15, 0.2) is 29.2 Å². The van der Waals surface area contributed by atoms with Gasteiger partial charge in [0.1, 0.15) is 5.02 Å². The van der Waals surface area contributed by atoms with Gasteiger partial charge in [-0.2, -0.15) is 4.98 Å². The van der Waals surface area contributed by atoms with Crippen molar-refractivity contribution in [3.8, 4) is 0 Å². The molecule has 35 heavy (non-hydrogen) atoms. The molecular formula is C26H33ClN6O2. The van der Waals surface area contributed by atoms with Crippen LogP contribution in [0.3, 0.4) is 0 Å². The molecule has 2 aromatic heterocycles. The summed E-state index contributed by atoms with van der Waals surface area (Å²) in [6, 6.07) is 6.88. The van der Waals surface area contributed by atoms with Gasteiger partial charge in [0, 0.05) is 31.4 Å². The molecule has 2 aliphatic heterocycles. The molecule has 2 saturated heterocycles. The highest BCUT2D eigenvalue weighted by atomic mass is 35.5. The van der Waals surface area contributed by atoms with E-state index >= 15 is 0 Å². The number of nitrogens with one attached hydrogen (secondary N) is 1. The standard InChI is InChI=1S/C26H33ClN6O2/c1-26(2,35)6-7-32-22-13-17(4-5-21(22)31(3)25(32)34)29-23-20(27)14-28-24(30-23)33-18-9-15-8-16(11-18)12-19(33)10-15/h4-5,13-16,18-19,35H,6-12H2,1-3H3,(H,28,29,30)/t15-,16+,18-,19+. The number of hydrogen-bond acceptors (Lipinski definition) is 6. The fourth-order valence-electron chi connectivity index (χ4n) is 6.66. The first kappa shape index (κ1) is 22.9. The molecule has 186 valence electrons. The second-order valence-corrected chi connectivity index (χ2v) is 11.8. The number of benzene rings is 1. The summed E-state index contributed by atoms with van der Waals surface area (Å²) < 4.78 is 3.35. The summed E-state index contributed by atoms with van der Waals surface area (Å²) in [5.41, 5.74) is 1.49. The molecule has 0 spiro atoms. The van der Waals surface area contributed by atoms with Crippen molar-refractivity contribution in [3.63, 3.8) is 0 Å². The lowest BCUT2D eigenvalue weighted by Gasteiger charge is -2.56. The molecule has 9 heteroatoms. The zero-order chi connectivity index (χ0) is 24.5. The van der Waals surface area contributed by atoms with Crippen molar-refractivity contribution in [2.45, 2.75) is 76.6 Å². The van der Waals surface area contributed by atoms with Crippen LogP contribution in [0.4, 0.5) is 17.5 Å². The molecular weight excluding hydrogens is 464 g/mol. The molecule has 7 rings (SSSR count). The molecule has 0 unspecified atom stereocenters. The van der Waals surface area contributed by atoms with Crippen LogP contribution in [0.2, 0.25) is 5.02 Å². The monoisotopic (exact) mass is 496 g/mol. The Morgan fingerprint density at radius 3 is 2.46 bits per heavy atom. The van der Waals surface area contributed by atoms with Crippen LogP contribution in [0.1, 0.15) is 52.4 Å². The minimum absolute atomic E-state index is 0.0987. The number of piperidine rings is 2. The second-order valence-electron chi connectivity index (χ2n) is 11.4. The maximum Gasteiger partial charge on any atom is 0.328 e. The molecule has 4 heterocycles. The van der Waals surface area contributed by atoms with E-state index in [0.29, 0.717) is 35.9 Å². The summed E-state index contributed by atoms with van der Waals surface area (Å²) in [4.78, 5) is 24.8. The summed E-state index contributed by atoms with van der Waals surface area (Å²) in [5, 5.41) is 14.0. The summed E-state index contributed by atoms with van der Waals surface area (Å²) in [6.45, 7) is 3.94. The third-order valence-electron chi connectivity index (χ3n) is 8.19. The van der Waals surface area contributed by atoms with E-state index in [0.717, 1.165) is 34.5 Å². The van der Waals surface area contributed by atoms with Crippen LogP contribution in [-0.4, -0.2) is 41.9 Å². The molecule has 1 aromatic carbocycles. The van der Waals surface area contributed by atoms with Crippen molar-refractivity contribution < 1.29 is 5.11 Å². The number of imidazole rings is 1. The lowest BCUT2D eigenvalue weighted by atomic mass is 9.64. The minimum atomic E-state index is -0.852. The number of anilines is 3. The quantitative estimate of drug-likeness (QED) is 0.524. The number of aromatic nitrogens is 4. The van der Waals surface area contributed by atoms with E-state index in [2.05, 4.69) is 15.2 Å². The Labute approximate surface area is 209 Å². The van der Waals surface area contributed by atoms with E-state index in [-0.39, 0.29) is 5.69 Å². The number of fused-ring (bicyclic) bond motifs is 1. The van der Waals surface area contributed by atoms with Gasteiger partial charge in [-0.25, -0.2) is 9.78 Å². The zero-order valence-corrected chi connectivity index (χ0v) is 21.3. The molecule has 4 aliphatic rings. The predicted octanol–water partition coefficient (Wildman–Crippen LogP) is 4.46. The van der Waals surface area contributed by atoms with Gasteiger partial charge < -0.3 is 15.3 Å². The van der Waals surface area contributed by atoms with Crippen LogP contribution in [0.5, 0.6) is 0 Å². The first-order valence-electron chi connectivity index (χ1n) is 12.7. The Hall–Kier alpha value is -2.58. The van der Waals surface area contributed by atoms with Gasteiger partial charge in [-0.3, -0.25) is 9.13 Å². The first-order valence-corrected chi connectivity index (χ1v) is 13.0. The van der Waals surface area contributed by atoms with E-state index in [1.54, 1.807) is 36.2 Å². The second kappa shape index (κ2) is 8.23. The first-order chi connectivity index (χ1) is 16.7. The molecule has 4 bridgehead atoms. The SMILES string of the molecule is Cn1c(=O)n(CCC(C)(C)O)c2cc(Nc3nc(N4[C@H]5C[C@@H]6C[C@@H](C[C@H]4C6)C5)ncc3Cl)ccc21. The van der Waals surface area contributed by atoms with Crippen molar-refractivity contribution >= 4 is 40.1 Å². The highest BCUT2D eigenvalue weighted by molar-refractivity contribution is 6.32. The summed E-state index contributed by atoms with van der Waals surface area (Å²) in [7, 11) is 1.77. The summed E-state index contributed by atoms with van der Waals surface area (Å²) >= 11 is 6.52. The Kier molecular flexibility index (Phi) is 5.38. The number of hydrogen-bond donors (Lipinski definition) is 2. The lowest BCUT2D eigenvalue weighted by Crippen LogP contribution is -2.58. The minimum Gasteiger partial charge on any atom is -0.390 e. The molecule has 0 amide bonds. The third-order valence-corrected chi connectivity index (χ3v) is 8.47. The Balaban J connectivity index is 1.30. The average molecular weight is 497 g/mol. The normalized spacial score (nSPS) is 25.6. The number of aryl methyl sites for hydroxylation is 2. The van der Waals surface area contributed by atoms with E-state index in [1.165, 1.54) is 32.1 Å². The number of halogens is 1. The largest absolute Gasteiger partial charge is 0.390 e. The number of nitrogens with zero attached hydrogens (tertiary/aromatic N) is 5. The topological polar surface area (TPSA) is 88.2 Å². The van der Waals surface area contributed by atoms with Crippen LogP contribution in [0, 0.1) is 11.8 Å². The van der Waals surface area contributed by atoms with Crippen LogP contribution in [0.25, 0.3) is 11.0 Å². The van der Waals surface area contributed by atoms with Gasteiger partial charge >= 0.3 is 5.69 Å². The highest BCUT2D eigenvalue weighted by Gasteiger charge is 2.47. The molecule has 4 fully saturated rings. The van der Waals surface area contributed by atoms with Gasteiger partial charge in [0.05, 0.1) is 22.8 Å². The molecule has 8 nitrogen and oxygen atoms in total. The fourth-order valence-corrected chi connectivity index (χ4v) is 6.79. The van der Waals surface area contributed by atoms with Crippen molar-refractivity contribution in [1.29, 1.82) is 0 Å². The molecule has 3 aromatic rings. The molecule has 2 aliphatic carbocycles. The van der Waals surface area contributed by atoms with Gasteiger partial charge in [-0.1, -0.05) is 11.6 Å². The highest BCUT2D eigenvalue weighted by Crippen LogP contribution is 2.50. The van der Waals surface area contributed by atoms with Gasteiger partial charge in [-0.15, -0.1) is 0 Å². The van der Waals surface area contributed by atoms with Crippen LogP contribution >= 0.6 is 11.6 Å². The van der Waals surface area contributed by atoms with Gasteiger partial charge in [0.15, 0.2) is 5.82 Å². The summed E-state index contributed by atoms with van der Waals surface area (Å²) in [6.07, 6.45) is 8.55. The number of rotatable bonds is 6. The predicted molar refractivity (Wildman–Crippen MR) is 139 cm³/mol. The third kappa shape index (κ3) is 4.10. The fraction of sp³-hybridized carbons (Fsp3) is 0.577. The summed E-state index contributed by atoms with van der Waals surface area (Å²) in [5.74, 6) is 3.07. The molecule has 2 N–H and O–H groups in total. The van der Waals surface area contributed by atoms with Crippen molar-refractivity contribution in [2.75, 3.05) is 10.2 Å². The van der Waals surface area contributed by atoms with E-state index in [9.17, 15) is 9.90 Å². The van der Waals surface area contributed by atoms with E-state index in [1.807, 2.05) is 18.2 Å². The Bertz CT molecular complexity index is 1310. The van der Waals surface area contributed by atoms with Gasteiger partial charge in [-0.05, 0) is 82.4 Å². The molecule has 0 radical (unpaired) electrons. The van der Waals surface area contributed by atoms with Crippen LogP contribution < -0.4 is 15.9 Å². The van der Waals surface area contributed by atoms with Gasteiger partial charge in [0.2, 0.25) is 5.95 Å². The lowest BCUT2D eigenvalue weighted by molar-refractivity contribution is 0.0662. The number of aliphatic hydroxyl groups is 1.